The number of ketones is 1. The van der Waals surface area contributed by atoms with Crippen molar-refractivity contribution in [1.29, 1.82) is 0 Å². The number of alkyl halides is 2. The first kappa shape index (κ1) is 17.9. The van der Waals surface area contributed by atoms with Gasteiger partial charge >= 0.3 is 6.61 Å². The van der Waals surface area contributed by atoms with Crippen molar-refractivity contribution >= 4 is 11.9 Å². The summed E-state index contributed by atoms with van der Waals surface area (Å²) in [5, 5.41) is 0. The fraction of sp³-hybridized carbons (Fsp3) is 0.250. The fourth-order valence-electron chi connectivity index (χ4n) is 2.98. The number of fused-ring (bicyclic) bond motifs is 1. The van der Waals surface area contributed by atoms with E-state index in [1.54, 1.807) is 18.2 Å². The summed E-state index contributed by atoms with van der Waals surface area (Å²) in [7, 11) is 1.36. The van der Waals surface area contributed by atoms with Crippen molar-refractivity contribution in [2.75, 3.05) is 13.7 Å². The smallest absolute Gasteiger partial charge is 0.387 e. The van der Waals surface area contributed by atoms with Crippen molar-refractivity contribution in [3.05, 3.63) is 58.2 Å². The highest BCUT2D eigenvalue weighted by Gasteiger charge is 2.25. The molecule has 0 spiro atoms. The molecule has 4 nitrogen and oxygen atoms in total. The van der Waals surface area contributed by atoms with Crippen molar-refractivity contribution in [2.24, 2.45) is 0 Å². The zero-order valence-electron chi connectivity index (χ0n) is 14.6. The largest absolute Gasteiger partial charge is 0.493 e. The molecule has 3 rings (SSSR count). The molecule has 0 bridgehead atoms. The van der Waals surface area contributed by atoms with E-state index in [1.165, 1.54) is 19.2 Å². The Balaban J connectivity index is 1.94. The number of carbonyl (C=O) groups excluding carboxylic acids is 1. The lowest BCUT2D eigenvalue weighted by molar-refractivity contribution is -0.0512. The second-order valence-corrected chi connectivity index (χ2v) is 6.03. The molecule has 2 aromatic rings. The van der Waals surface area contributed by atoms with Gasteiger partial charge in [-0.05, 0) is 54.8 Å². The third-order valence-corrected chi connectivity index (χ3v) is 4.07. The Morgan fingerprint density at radius 2 is 1.92 bits per heavy atom. The van der Waals surface area contributed by atoms with Crippen molar-refractivity contribution in [2.45, 2.75) is 20.5 Å². The van der Waals surface area contributed by atoms with E-state index in [0.29, 0.717) is 22.4 Å². The Morgan fingerprint density at radius 3 is 2.62 bits per heavy atom. The van der Waals surface area contributed by atoms with Crippen molar-refractivity contribution < 1.29 is 27.8 Å². The Bertz CT molecular complexity index is 888. The topological polar surface area (TPSA) is 44.8 Å². The molecule has 0 saturated heterocycles. The monoisotopic (exact) mass is 360 g/mol. The molecule has 0 radical (unpaired) electrons. The van der Waals surface area contributed by atoms with Gasteiger partial charge in [0.05, 0.1) is 12.7 Å². The molecule has 0 atom stereocenters. The lowest BCUT2D eigenvalue weighted by Crippen LogP contribution is -2.20. The van der Waals surface area contributed by atoms with Gasteiger partial charge in [0.1, 0.15) is 12.4 Å². The zero-order valence-corrected chi connectivity index (χ0v) is 14.6. The molecule has 6 heteroatoms. The maximum absolute atomic E-state index is 12.8. The standard InChI is InChI=1S/C20H18F2O4/c1-11-6-12(2)19-15(7-11)18(23)14(10-25-19)8-13-4-5-16(26-20(21)22)17(9-13)24-3/h4-9,20H,10H2,1-3H3/b14-8+. The number of carbonyl (C=O) groups is 1. The van der Waals surface area contributed by atoms with Gasteiger partial charge in [-0.15, -0.1) is 0 Å². The molecule has 1 aliphatic rings. The van der Waals surface area contributed by atoms with Gasteiger partial charge in [-0.25, -0.2) is 0 Å². The maximum atomic E-state index is 12.8. The predicted molar refractivity (Wildman–Crippen MR) is 93.3 cm³/mol. The molecule has 1 heterocycles. The number of halogens is 2. The van der Waals surface area contributed by atoms with E-state index in [9.17, 15) is 13.6 Å². The SMILES string of the molecule is COc1cc(/C=C2\COc3c(C)cc(C)cc3C2=O)ccc1OC(F)F. The van der Waals surface area contributed by atoms with Crippen LogP contribution in [0.15, 0.2) is 35.9 Å². The highest BCUT2D eigenvalue weighted by molar-refractivity contribution is 6.14. The molecule has 136 valence electrons. The van der Waals surface area contributed by atoms with Crippen LogP contribution in [-0.2, 0) is 0 Å². The number of Topliss-reactive ketones (excluding diaryl/α,β-unsaturated/α-hetero) is 1. The molecular weight excluding hydrogens is 342 g/mol. The van der Waals surface area contributed by atoms with Gasteiger partial charge in [-0.3, -0.25) is 4.79 Å². The van der Waals surface area contributed by atoms with Crippen molar-refractivity contribution in [1.82, 2.24) is 0 Å². The van der Waals surface area contributed by atoms with Crippen LogP contribution in [0.2, 0.25) is 0 Å². The number of benzene rings is 2. The minimum Gasteiger partial charge on any atom is -0.493 e. The van der Waals surface area contributed by atoms with E-state index in [2.05, 4.69) is 4.74 Å². The first-order chi connectivity index (χ1) is 12.4. The van der Waals surface area contributed by atoms with Crippen LogP contribution in [0.25, 0.3) is 6.08 Å². The molecular formula is C20H18F2O4. The summed E-state index contributed by atoms with van der Waals surface area (Å²) in [6.07, 6.45) is 1.66. The minimum atomic E-state index is -2.94. The highest BCUT2D eigenvalue weighted by Crippen LogP contribution is 2.34. The molecule has 0 aliphatic carbocycles. The first-order valence-electron chi connectivity index (χ1n) is 8.01. The molecule has 0 fully saturated rings. The average Bonchev–Trinajstić information content (AvgIpc) is 2.58. The Labute approximate surface area is 150 Å². The molecule has 26 heavy (non-hydrogen) atoms. The molecule has 1 aliphatic heterocycles. The normalized spacial score (nSPS) is 15.0. The third-order valence-electron chi connectivity index (χ3n) is 4.07. The van der Waals surface area contributed by atoms with Crippen LogP contribution in [0.3, 0.4) is 0 Å². The third kappa shape index (κ3) is 3.54. The molecule has 0 aromatic heterocycles. The van der Waals surface area contributed by atoms with E-state index < -0.39 is 6.61 Å². The number of methoxy groups -OCH3 is 1. The lowest BCUT2D eigenvalue weighted by atomic mass is 9.95. The Kier molecular flexibility index (Phi) is 4.93. The molecule has 0 unspecified atom stereocenters. The van der Waals surface area contributed by atoms with E-state index in [4.69, 9.17) is 9.47 Å². The van der Waals surface area contributed by atoms with E-state index >= 15 is 0 Å². The van der Waals surface area contributed by atoms with Crippen LogP contribution >= 0.6 is 0 Å². The fourth-order valence-corrected chi connectivity index (χ4v) is 2.98. The quantitative estimate of drug-likeness (QED) is 0.749. The van der Waals surface area contributed by atoms with Crippen LogP contribution in [0, 0.1) is 13.8 Å². The second-order valence-electron chi connectivity index (χ2n) is 6.03. The molecule has 0 amide bonds. The number of ether oxygens (including phenoxy) is 3. The van der Waals surface area contributed by atoms with Crippen LogP contribution in [0.4, 0.5) is 8.78 Å². The molecule has 0 N–H and O–H groups in total. The van der Waals surface area contributed by atoms with Gasteiger partial charge in [0.15, 0.2) is 17.3 Å². The zero-order chi connectivity index (χ0) is 18.8. The first-order valence-corrected chi connectivity index (χ1v) is 8.01. The van der Waals surface area contributed by atoms with Crippen molar-refractivity contribution in [3.8, 4) is 17.2 Å². The van der Waals surface area contributed by atoms with Gasteiger partial charge in [0, 0.05) is 5.57 Å². The van der Waals surface area contributed by atoms with Crippen LogP contribution in [0.1, 0.15) is 27.0 Å². The van der Waals surface area contributed by atoms with E-state index in [-0.39, 0.29) is 23.9 Å². The summed E-state index contributed by atoms with van der Waals surface area (Å²) >= 11 is 0. The number of aryl methyl sites for hydroxylation is 2. The summed E-state index contributed by atoms with van der Waals surface area (Å²) in [6.45, 7) is 1.03. The second kappa shape index (κ2) is 7.15. The summed E-state index contributed by atoms with van der Waals surface area (Å²) in [5.41, 5.74) is 3.54. The number of hydrogen-bond donors (Lipinski definition) is 0. The Hall–Kier alpha value is -2.89. The summed E-state index contributed by atoms with van der Waals surface area (Å²) in [5.74, 6) is 0.601. The van der Waals surface area contributed by atoms with Gasteiger partial charge in [-0.1, -0.05) is 12.1 Å². The van der Waals surface area contributed by atoms with Crippen molar-refractivity contribution in [3.63, 3.8) is 0 Å². The van der Waals surface area contributed by atoms with Gasteiger partial charge in [0.25, 0.3) is 0 Å². The van der Waals surface area contributed by atoms with Crippen LogP contribution in [0.5, 0.6) is 17.2 Å². The minimum absolute atomic E-state index is 0.0625. The van der Waals surface area contributed by atoms with E-state index in [0.717, 1.165) is 11.1 Å². The highest BCUT2D eigenvalue weighted by atomic mass is 19.3. The summed E-state index contributed by atoms with van der Waals surface area (Å²) in [4.78, 5) is 12.8. The van der Waals surface area contributed by atoms with Crippen LogP contribution in [-0.4, -0.2) is 26.1 Å². The number of hydrogen-bond acceptors (Lipinski definition) is 4. The molecule has 2 aromatic carbocycles. The summed E-state index contributed by atoms with van der Waals surface area (Å²) < 4.78 is 40.1. The lowest BCUT2D eigenvalue weighted by Gasteiger charge is -2.21. The molecule has 0 saturated carbocycles. The average molecular weight is 360 g/mol. The van der Waals surface area contributed by atoms with Crippen LogP contribution < -0.4 is 14.2 Å². The number of rotatable bonds is 4. The predicted octanol–water partition coefficient (Wildman–Crippen LogP) is 4.57. The van der Waals surface area contributed by atoms with E-state index in [1.807, 2.05) is 19.9 Å². The van der Waals surface area contributed by atoms with Gasteiger partial charge in [-0.2, -0.15) is 8.78 Å². The van der Waals surface area contributed by atoms with Gasteiger partial charge < -0.3 is 14.2 Å². The Morgan fingerprint density at radius 1 is 1.15 bits per heavy atom. The maximum Gasteiger partial charge on any atom is 0.387 e. The van der Waals surface area contributed by atoms with Gasteiger partial charge in [0.2, 0.25) is 0 Å². The summed E-state index contributed by atoms with van der Waals surface area (Å²) in [6, 6.07) is 8.27.